The van der Waals surface area contributed by atoms with Gasteiger partial charge in [0.15, 0.2) is 11.6 Å². The molecule has 1 heterocycles. The summed E-state index contributed by atoms with van der Waals surface area (Å²) < 4.78 is 10.4. The van der Waals surface area contributed by atoms with Crippen LogP contribution in [0.3, 0.4) is 0 Å². The van der Waals surface area contributed by atoms with Crippen LogP contribution in [0.5, 0.6) is 11.5 Å². The topological polar surface area (TPSA) is 73.5 Å². The predicted octanol–water partition coefficient (Wildman–Crippen LogP) is 1.71. The summed E-state index contributed by atoms with van der Waals surface area (Å²) in [7, 11) is 5.13. The minimum Gasteiger partial charge on any atom is -0.497 e. The molecule has 0 atom stereocenters. The van der Waals surface area contributed by atoms with Gasteiger partial charge in [0.05, 0.1) is 14.2 Å². The molecule has 0 saturated heterocycles. The van der Waals surface area contributed by atoms with Crippen LogP contribution in [0.15, 0.2) is 30.6 Å². The van der Waals surface area contributed by atoms with Gasteiger partial charge in [0.2, 0.25) is 5.75 Å². The number of rotatable bonds is 5. The molecule has 0 bridgehead atoms. The minimum atomic E-state index is 0.332. The van der Waals surface area contributed by atoms with Crippen LogP contribution >= 0.6 is 0 Å². The van der Waals surface area contributed by atoms with Gasteiger partial charge in [-0.05, 0) is 17.7 Å². The van der Waals surface area contributed by atoms with Crippen molar-refractivity contribution in [2.75, 3.05) is 31.9 Å². The van der Waals surface area contributed by atoms with Gasteiger partial charge in [-0.25, -0.2) is 9.97 Å². The Balaban J connectivity index is 2.19. The molecule has 0 radical (unpaired) electrons. The van der Waals surface area contributed by atoms with E-state index in [1.54, 1.807) is 14.2 Å². The van der Waals surface area contributed by atoms with Crippen molar-refractivity contribution in [3.8, 4) is 11.5 Å². The molecule has 20 heavy (non-hydrogen) atoms. The molecule has 0 aliphatic rings. The van der Waals surface area contributed by atoms with Gasteiger partial charge < -0.3 is 20.1 Å². The predicted molar refractivity (Wildman–Crippen MR) is 78.1 cm³/mol. The smallest absolute Gasteiger partial charge is 0.204 e. The number of ether oxygens (including phenoxy) is 2. The van der Waals surface area contributed by atoms with Crippen LogP contribution in [0.1, 0.15) is 5.56 Å². The molecule has 6 heteroatoms. The van der Waals surface area contributed by atoms with E-state index < -0.39 is 0 Å². The number of hydrogen-bond donors (Lipinski definition) is 1. The Morgan fingerprint density at radius 1 is 1.10 bits per heavy atom. The molecule has 0 aliphatic carbocycles. The second kappa shape index (κ2) is 6.10. The molecule has 2 rings (SSSR count). The van der Waals surface area contributed by atoms with Crippen molar-refractivity contribution < 1.29 is 9.47 Å². The lowest BCUT2D eigenvalue weighted by molar-refractivity contribution is 0.413. The number of aromatic nitrogens is 2. The van der Waals surface area contributed by atoms with Gasteiger partial charge in [-0.15, -0.1) is 0 Å². The number of methoxy groups -OCH3 is 2. The molecule has 6 nitrogen and oxygen atoms in total. The quantitative estimate of drug-likeness (QED) is 0.894. The lowest BCUT2D eigenvalue weighted by Crippen LogP contribution is -2.19. The first kappa shape index (κ1) is 13.9. The highest BCUT2D eigenvalue weighted by Crippen LogP contribution is 2.29. The summed E-state index contributed by atoms with van der Waals surface area (Å²) in [5.74, 6) is 2.32. The van der Waals surface area contributed by atoms with E-state index in [4.69, 9.17) is 15.2 Å². The van der Waals surface area contributed by atoms with E-state index in [0.29, 0.717) is 23.9 Å². The zero-order valence-corrected chi connectivity index (χ0v) is 11.8. The maximum Gasteiger partial charge on any atom is 0.204 e. The third kappa shape index (κ3) is 2.90. The van der Waals surface area contributed by atoms with E-state index in [1.165, 1.54) is 6.33 Å². The summed E-state index contributed by atoms with van der Waals surface area (Å²) in [5.41, 5.74) is 6.91. The van der Waals surface area contributed by atoms with Crippen molar-refractivity contribution in [3.63, 3.8) is 0 Å². The lowest BCUT2D eigenvalue weighted by Gasteiger charge is -2.20. The van der Waals surface area contributed by atoms with Gasteiger partial charge in [0.1, 0.15) is 12.1 Å². The fourth-order valence-electron chi connectivity index (χ4n) is 1.93. The monoisotopic (exact) mass is 274 g/mol. The van der Waals surface area contributed by atoms with Gasteiger partial charge >= 0.3 is 0 Å². The van der Waals surface area contributed by atoms with Gasteiger partial charge in [-0.1, -0.05) is 12.1 Å². The van der Waals surface area contributed by atoms with E-state index in [9.17, 15) is 0 Å². The first-order valence-electron chi connectivity index (χ1n) is 6.14. The summed E-state index contributed by atoms with van der Waals surface area (Å²) in [4.78, 5) is 10.1. The maximum absolute atomic E-state index is 5.78. The van der Waals surface area contributed by atoms with Crippen molar-refractivity contribution in [2.24, 2.45) is 0 Å². The SMILES string of the molecule is COc1ccc(CN(C)c2ncnc(N)c2OC)cc1. The van der Waals surface area contributed by atoms with Gasteiger partial charge in [-0.2, -0.15) is 0 Å². The van der Waals surface area contributed by atoms with Crippen LogP contribution < -0.4 is 20.1 Å². The third-order valence-corrected chi connectivity index (χ3v) is 2.96. The maximum atomic E-state index is 5.78. The molecule has 0 aliphatic heterocycles. The molecule has 1 aromatic carbocycles. The number of hydrogen-bond acceptors (Lipinski definition) is 6. The van der Waals surface area contributed by atoms with Crippen LogP contribution in [-0.4, -0.2) is 31.2 Å². The Morgan fingerprint density at radius 2 is 1.80 bits per heavy atom. The summed E-state index contributed by atoms with van der Waals surface area (Å²) in [6.45, 7) is 0.677. The van der Waals surface area contributed by atoms with Crippen molar-refractivity contribution in [3.05, 3.63) is 36.2 Å². The number of nitrogens with two attached hydrogens (primary N) is 1. The van der Waals surface area contributed by atoms with Crippen LogP contribution in [0, 0.1) is 0 Å². The van der Waals surface area contributed by atoms with E-state index in [-0.39, 0.29) is 0 Å². The molecular weight excluding hydrogens is 256 g/mol. The van der Waals surface area contributed by atoms with Crippen molar-refractivity contribution in [2.45, 2.75) is 6.54 Å². The Labute approximate surface area is 118 Å². The Kier molecular flexibility index (Phi) is 4.24. The van der Waals surface area contributed by atoms with E-state index >= 15 is 0 Å². The number of benzene rings is 1. The lowest BCUT2D eigenvalue weighted by atomic mass is 10.2. The average Bonchev–Trinajstić information content (AvgIpc) is 2.47. The molecule has 2 N–H and O–H groups in total. The normalized spacial score (nSPS) is 10.2. The molecule has 106 valence electrons. The number of anilines is 2. The van der Waals surface area contributed by atoms with E-state index in [1.807, 2.05) is 36.2 Å². The molecular formula is C14H18N4O2. The molecule has 0 fully saturated rings. The first-order valence-corrected chi connectivity index (χ1v) is 6.14. The fourth-order valence-corrected chi connectivity index (χ4v) is 1.93. The average molecular weight is 274 g/mol. The summed E-state index contributed by atoms with van der Waals surface area (Å²) in [6, 6.07) is 7.86. The van der Waals surface area contributed by atoms with Crippen LogP contribution in [-0.2, 0) is 6.54 Å². The van der Waals surface area contributed by atoms with E-state index in [0.717, 1.165) is 11.3 Å². The largest absolute Gasteiger partial charge is 0.497 e. The fraction of sp³-hybridized carbons (Fsp3) is 0.286. The van der Waals surface area contributed by atoms with Crippen LogP contribution in [0.25, 0.3) is 0 Å². The first-order chi connectivity index (χ1) is 9.65. The highest BCUT2D eigenvalue weighted by atomic mass is 16.5. The van der Waals surface area contributed by atoms with Crippen molar-refractivity contribution in [1.29, 1.82) is 0 Å². The van der Waals surface area contributed by atoms with Gasteiger partial charge in [0, 0.05) is 13.6 Å². The molecule has 0 unspecified atom stereocenters. The van der Waals surface area contributed by atoms with Gasteiger partial charge in [0.25, 0.3) is 0 Å². The van der Waals surface area contributed by atoms with E-state index in [2.05, 4.69) is 9.97 Å². The second-order valence-corrected chi connectivity index (χ2v) is 4.32. The van der Waals surface area contributed by atoms with Gasteiger partial charge in [-0.3, -0.25) is 0 Å². The molecule has 0 amide bonds. The Hall–Kier alpha value is -2.50. The number of nitrogens with zero attached hydrogens (tertiary/aromatic N) is 3. The second-order valence-electron chi connectivity index (χ2n) is 4.32. The zero-order chi connectivity index (χ0) is 14.5. The number of nitrogen functional groups attached to an aromatic ring is 1. The zero-order valence-electron chi connectivity index (χ0n) is 11.8. The van der Waals surface area contributed by atoms with Crippen LogP contribution in [0.4, 0.5) is 11.6 Å². The summed E-state index contributed by atoms with van der Waals surface area (Å²) in [6.07, 6.45) is 1.43. The highest BCUT2D eigenvalue weighted by molar-refractivity contribution is 5.62. The minimum absolute atomic E-state index is 0.332. The highest BCUT2D eigenvalue weighted by Gasteiger charge is 2.14. The Bertz CT molecular complexity index is 572. The third-order valence-electron chi connectivity index (χ3n) is 2.96. The summed E-state index contributed by atoms with van der Waals surface area (Å²) >= 11 is 0. The molecule has 2 aromatic rings. The van der Waals surface area contributed by atoms with Crippen LogP contribution in [0.2, 0.25) is 0 Å². The molecule has 1 aromatic heterocycles. The Morgan fingerprint density at radius 3 is 2.40 bits per heavy atom. The summed E-state index contributed by atoms with van der Waals surface area (Å²) in [5, 5.41) is 0. The van der Waals surface area contributed by atoms with Crippen molar-refractivity contribution in [1.82, 2.24) is 9.97 Å². The molecule has 0 saturated carbocycles. The van der Waals surface area contributed by atoms with Crippen molar-refractivity contribution >= 4 is 11.6 Å². The molecule has 0 spiro atoms. The standard InChI is InChI=1S/C14H18N4O2/c1-18(8-10-4-6-11(19-2)7-5-10)14-12(20-3)13(15)16-9-17-14/h4-7,9H,8H2,1-3H3,(H2,15,16,17).